The lowest BCUT2D eigenvalue weighted by molar-refractivity contribution is 1.27. The lowest BCUT2D eigenvalue weighted by Crippen LogP contribution is -1.98. The molecule has 8 rings (SSSR count). The molecule has 6 nitrogen and oxygen atoms in total. The molecule has 0 bridgehead atoms. The summed E-state index contributed by atoms with van der Waals surface area (Å²) in [4.78, 5) is 28.3. The van der Waals surface area contributed by atoms with Crippen molar-refractivity contribution in [1.82, 2.24) is 29.9 Å². The first kappa shape index (κ1) is 26.7. The van der Waals surface area contributed by atoms with Gasteiger partial charge >= 0.3 is 0 Å². The summed E-state index contributed by atoms with van der Waals surface area (Å²) in [5, 5.41) is 0.894. The van der Waals surface area contributed by atoms with Crippen molar-refractivity contribution in [3.63, 3.8) is 0 Å². The van der Waals surface area contributed by atoms with Gasteiger partial charge < -0.3 is 0 Å². The van der Waals surface area contributed by atoms with Crippen LogP contribution in [0.25, 0.3) is 76.7 Å². The Morgan fingerprint density at radius 1 is 0.444 bits per heavy atom. The molecule has 0 aliphatic carbocycles. The first-order chi connectivity index (χ1) is 22.3. The van der Waals surface area contributed by atoms with E-state index in [2.05, 4.69) is 80.6 Å². The first-order valence-electron chi connectivity index (χ1n) is 14.5. The zero-order chi connectivity index (χ0) is 30.0. The summed E-state index contributed by atoms with van der Waals surface area (Å²) in [6, 6.07) is 33.0. The standard InChI is InChI=1S/C38H24N6S/c1-2-12-35-33(11-1)44-38(45-35)36-32(27-9-5-15-41-23-27)20-34(28-10-6-16-42-24-28)43-37(36)31-18-29(25-7-3-13-39-21-25)17-30(19-31)26-8-4-14-40-22-26/h1-24H. The molecule has 0 N–H and O–H groups in total. The van der Waals surface area contributed by atoms with Crippen LogP contribution in [0.3, 0.4) is 0 Å². The zero-order valence-corrected chi connectivity index (χ0v) is 24.8. The Kier molecular flexibility index (Phi) is 6.90. The van der Waals surface area contributed by atoms with Gasteiger partial charge in [-0.05, 0) is 83.4 Å². The minimum absolute atomic E-state index is 0.816. The number of thiazole rings is 1. The van der Waals surface area contributed by atoms with E-state index in [1.807, 2.05) is 61.2 Å². The highest BCUT2D eigenvalue weighted by Crippen LogP contribution is 2.45. The topological polar surface area (TPSA) is 77.3 Å². The van der Waals surface area contributed by atoms with E-state index in [9.17, 15) is 0 Å². The second-order valence-electron chi connectivity index (χ2n) is 10.5. The fraction of sp³-hybridized carbons (Fsp3) is 0. The van der Waals surface area contributed by atoms with Crippen molar-refractivity contribution in [3.05, 3.63) is 147 Å². The highest BCUT2D eigenvalue weighted by atomic mass is 32.1. The molecule has 0 saturated heterocycles. The van der Waals surface area contributed by atoms with E-state index in [1.54, 1.807) is 36.1 Å². The zero-order valence-electron chi connectivity index (χ0n) is 23.9. The van der Waals surface area contributed by atoms with E-state index in [1.165, 1.54) is 0 Å². The van der Waals surface area contributed by atoms with E-state index in [0.29, 0.717) is 0 Å². The van der Waals surface area contributed by atoms with Crippen molar-refractivity contribution in [1.29, 1.82) is 0 Å². The van der Waals surface area contributed by atoms with Crippen LogP contribution in [-0.2, 0) is 0 Å². The maximum absolute atomic E-state index is 5.39. The normalized spacial score (nSPS) is 11.1. The van der Waals surface area contributed by atoms with Crippen molar-refractivity contribution in [2.24, 2.45) is 0 Å². The van der Waals surface area contributed by atoms with Gasteiger partial charge in [0.25, 0.3) is 0 Å². The van der Waals surface area contributed by atoms with Gasteiger partial charge in [0.1, 0.15) is 5.01 Å². The number of aromatic nitrogens is 6. The Morgan fingerprint density at radius 2 is 1.00 bits per heavy atom. The van der Waals surface area contributed by atoms with Crippen LogP contribution in [0, 0.1) is 0 Å². The van der Waals surface area contributed by atoms with Crippen LogP contribution in [-0.4, -0.2) is 29.9 Å². The summed E-state index contributed by atoms with van der Waals surface area (Å²) < 4.78 is 1.12. The highest BCUT2D eigenvalue weighted by Gasteiger charge is 2.22. The van der Waals surface area contributed by atoms with Crippen LogP contribution < -0.4 is 0 Å². The second-order valence-corrected chi connectivity index (χ2v) is 11.6. The lowest BCUT2D eigenvalue weighted by atomic mass is 9.91. The fourth-order valence-corrected chi connectivity index (χ4v) is 6.55. The molecule has 212 valence electrons. The number of benzene rings is 2. The third-order valence-electron chi connectivity index (χ3n) is 7.65. The fourth-order valence-electron chi connectivity index (χ4n) is 5.53. The quantitative estimate of drug-likeness (QED) is 0.190. The molecule has 0 fully saturated rings. The summed E-state index contributed by atoms with van der Waals surface area (Å²) in [6.45, 7) is 0. The van der Waals surface area contributed by atoms with Gasteiger partial charge in [-0.2, -0.15) is 0 Å². The third-order valence-corrected chi connectivity index (χ3v) is 8.71. The summed E-state index contributed by atoms with van der Waals surface area (Å²) in [7, 11) is 0. The minimum Gasteiger partial charge on any atom is -0.264 e. The number of para-hydroxylation sites is 1. The summed E-state index contributed by atoms with van der Waals surface area (Å²) in [5.41, 5.74) is 11.5. The Morgan fingerprint density at radius 3 is 1.58 bits per heavy atom. The van der Waals surface area contributed by atoms with Gasteiger partial charge in [-0.3, -0.25) is 19.9 Å². The predicted molar refractivity (Wildman–Crippen MR) is 181 cm³/mol. The van der Waals surface area contributed by atoms with Crippen molar-refractivity contribution in [3.8, 4) is 66.5 Å². The molecule has 0 saturated carbocycles. The number of hydrogen-bond acceptors (Lipinski definition) is 7. The Balaban J connectivity index is 1.48. The summed E-state index contributed by atoms with van der Waals surface area (Å²) in [6.07, 6.45) is 14.7. The molecular formula is C38H24N6S. The smallest absolute Gasteiger partial charge is 0.127 e. The van der Waals surface area contributed by atoms with Gasteiger partial charge in [0.15, 0.2) is 0 Å². The number of fused-ring (bicyclic) bond motifs is 1. The molecule has 0 radical (unpaired) electrons. The molecule has 0 aliphatic rings. The molecule has 2 aromatic carbocycles. The van der Waals surface area contributed by atoms with Gasteiger partial charge in [0.05, 0.1) is 21.6 Å². The maximum atomic E-state index is 5.39. The SMILES string of the molecule is c1cncc(-c2cc(-c3cccnc3)cc(-c3nc(-c4cccnc4)cc(-c4cccnc4)c3-c3nc4ccccc4s3)c2)c1. The van der Waals surface area contributed by atoms with Crippen LogP contribution in [0.5, 0.6) is 0 Å². The van der Waals surface area contributed by atoms with Crippen molar-refractivity contribution < 1.29 is 0 Å². The Hall–Kier alpha value is -5.92. The van der Waals surface area contributed by atoms with Gasteiger partial charge in [-0.1, -0.05) is 30.3 Å². The molecule has 0 amide bonds. The van der Waals surface area contributed by atoms with E-state index < -0.39 is 0 Å². The molecule has 8 aromatic rings. The average molecular weight is 597 g/mol. The van der Waals surface area contributed by atoms with E-state index in [4.69, 9.17) is 9.97 Å². The van der Waals surface area contributed by atoms with Crippen LogP contribution in [0.4, 0.5) is 0 Å². The average Bonchev–Trinajstić information content (AvgIpc) is 3.56. The van der Waals surface area contributed by atoms with Crippen LogP contribution in [0.1, 0.15) is 0 Å². The van der Waals surface area contributed by atoms with Gasteiger partial charge in [-0.25, -0.2) is 9.97 Å². The van der Waals surface area contributed by atoms with Crippen LogP contribution in [0.15, 0.2) is 147 Å². The summed E-state index contributed by atoms with van der Waals surface area (Å²) >= 11 is 1.67. The Labute approximate surface area is 263 Å². The van der Waals surface area contributed by atoms with Crippen LogP contribution >= 0.6 is 11.3 Å². The molecule has 0 atom stereocenters. The van der Waals surface area contributed by atoms with Crippen LogP contribution in [0.2, 0.25) is 0 Å². The molecule has 7 heteroatoms. The number of pyridine rings is 5. The molecular weight excluding hydrogens is 573 g/mol. The van der Waals surface area contributed by atoms with Gasteiger partial charge in [-0.15, -0.1) is 11.3 Å². The van der Waals surface area contributed by atoms with Gasteiger partial charge in [0.2, 0.25) is 0 Å². The molecule has 0 unspecified atom stereocenters. The van der Waals surface area contributed by atoms with Crippen molar-refractivity contribution in [2.45, 2.75) is 0 Å². The Bertz CT molecular complexity index is 2160. The van der Waals surface area contributed by atoms with E-state index in [0.717, 1.165) is 76.7 Å². The molecule has 45 heavy (non-hydrogen) atoms. The lowest BCUT2D eigenvalue weighted by Gasteiger charge is -2.17. The van der Waals surface area contributed by atoms with Gasteiger partial charge in [0, 0.05) is 83.0 Å². The summed E-state index contributed by atoms with van der Waals surface area (Å²) in [5.74, 6) is 0. The highest BCUT2D eigenvalue weighted by molar-refractivity contribution is 7.21. The predicted octanol–water partition coefficient (Wildman–Crippen LogP) is 9.27. The molecule has 6 heterocycles. The monoisotopic (exact) mass is 596 g/mol. The van der Waals surface area contributed by atoms with E-state index >= 15 is 0 Å². The largest absolute Gasteiger partial charge is 0.264 e. The van der Waals surface area contributed by atoms with Crippen molar-refractivity contribution >= 4 is 21.6 Å². The molecule has 6 aromatic heterocycles. The van der Waals surface area contributed by atoms with Crippen molar-refractivity contribution in [2.75, 3.05) is 0 Å². The molecule has 0 aliphatic heterocycles. The number of rotatable bonds is 6. The number of nitrogens with zero attached hydrogens (tertiary/aromatic N) is 6. The minimum atomic E-state index is 0.816. The second kappa shape index (κ2) is 11.6. The number of hydrogen-bond donors (Lipinski definition) is 0. The first-order valence-corrected chi connectivity index (χ1v) is 15.3. The molecule has 0 spiro atoms. The van der Waals surface area contributed by atoms with E-state index in [-0.39, 0.29) is 0 Å². The third kappa shape index (κ3) is 5.26. The maximum Gasteiger partial charge on any atom is 0.127 e.